The van der Waals surface area contributed by atoms with Gasteiger partial charge in [-0.1, -0.05) is 0 Å². The Labute approximate surface area is 111 Å². The van der Waals surface area contributed by atoms with Crippen molar-refractivity contribution in [1.82, 2.24) is 25.3 Å². The molecule has 0 radical (unpaired) electrons. The molecule has 19 heavy (non-hydrogen) atoms. The highest BCUT2D eigenvalue weighted by Gasteiger charge is 2.22. The third-order valence-electron chi connectivity index (χ3n) is 2.57. The summed E-state index contributed by atoms with van der Waals surface area (Å²) in [7, 11) is -0.226. The summed E-state index contributed by atoms with van der Waals surface area (Å²) in [5.41, 5.74) is 1.64. The van der Waals surface area contributed by atoms with E-state index in [1.54, 1.807) is 31.9 Å². The molecule has 0 saturated heterocycles. The van der Waals surface area contributed by atoms with Crippen molar-refractivity contribution in [2.24, 2.45) is 7.05 Å². The lowest BCUT2D eigenvalue weighted by molar-refractivity contribution is 0.595. The van der Waals surface area contributed by atoms with Crippen LogP contribution in [-0.2, 0) is 23.6 Å². The first-order chi connectivity index (χ1) is 8.94. The number of aryl methyl sites for hydroxylation is 2. The van der Waals surface area contributed by atoms with E-state index in [4.69, 9.17) is 0 Å². The van der Waals surface area contributed by atoms with Crippen molar-refractivity contribution >= 4 is 15.7 Å². The number of anilines is 1. The molecule has 2 aromatic rings. The summed E-state index contributed by atoms with van der Waals surface area (Å²) < 4.78 is 28.6. The number of aromatic amines is 1. The van der Waals surface area contributed by atoms with Gasteiger partial charge in [-0.2, -0.15) is 18.6 Å². The van der Waals surface area contributed by atoms with Crippen molar-refractivity contribution < 1.29 is 8.42 Å². The third kappa shape index (κ3) is 2.76. The van der Waals surface area contributed by atoms with Crippen LogP contribution in [0.25, 0.3) is 0 Å². The highest BCUT2D eigenvalue weighted by Crippen LogP contribution is 2.19. The maximum atomic E-state index is 12.3. The summed E-state index contributed by atoms with van der Waals surface area (Å²) in [6, 6.07) is 0. The van der Waals surface area contributed by atoms with E-state index in [-0.39, 0.29) is 5.03 Å². The maximum Gasteiger partial charge on any atom is 0.279 e. The first-order valence-electron chi connectivity index (χ1n) is 5.64. The highest BCUT2D eigenvalue weighted by molar-refractivity contribution is 7.92. The quantitative estimate of drug-likeness (QED) is 0.715. The van der Waals surface area contributed by atoms with Crippen LogP contribution in [0, 0.1) is 6.92 Å². The lowest BCUT2D eigenvalue weighted by Crippen LogP contribution is -2.17. The maximum absolute atomic E-state index is 12.3. The van der Waals surface area contributed by atoms with Crippen molar-refractivity contribution in [1.29, 1.82) is 0 Å². The van der Waals surface area contributed by atoms with E-state index in [9.17, 15) is 8.42 Å². The molecule has 0 aliphatic carbocycles. The largest absolute Gasteiger partial charge is 0.316 e. The van der Waals surface area contributed by atoms with Crippen molar-refractivity contribution in [3.63, 3.8) is 0 Å². The normalized spacial score (nSPS) is 11.7. The average Bonchev–Trinajstić information content (AvgIpc) is 2.87. The van der Waals surface area contributed by atoms with Crippen molar-refractivity contribution in [2.45, 2.75) is 18.5 Å². The number of aromatic nitrogens is 4. The Bertz CT molecular complexity index is 672. The number of H-pyrrole nitrogens is 1. The molecule has 2 rings (SSSR count). The summed E-state index contributed by atoms with van der Waals surface area (Å²) in [5, 5.41) is 13.3. The van der Waals surface area contributed by atoms with E-state index < -0.39 is 10.0 Å². The van der Waals surface area contributed by atoms with Crippen molar-refractivity contribution in [3.05, 3.63) is 23.7 Å². The first-order valence-corrected chi connectivity index (χ1v) is 7.12. The molecule has 0 unspecified atom stereocenters. The first kappa shape index (κ1) is 13.6. The zero-order valence-electron chi connectivity index (χ0n) is 10.9. The molecule has 0 bridgehead atoms. The van der Waals surface area contributed by atoms with Gasteiger partial charge in [0, 0.05) is 25.4 Å². The van der Waals surface area contributed by atoms with Gasteiger partial charge in [-0.05, 0) is 14.0 Å². The summed E-state index contributed by atoms with van der Waals surface area (Å²) in [6.07, 6.45) is 3.10. The lowest BCUT2D eigenvalue weighted by atomic mass is 10.4. The molecule has 2 heterocycles. The molecule has 0 aromatic carbocycles. The molecule has 0 saturated carbocycles. The fraction of sp³-hybridized carbons (Fsp3) is 0.400. The lowest BCUT2D eigenvalue weighted by Gasteiger charge is -2.06. The highest BCUT2D eigenvalue weighted by atomic mass is 32.2. The molecule has 0 atom stereocenters. The van der Waals surface area contributed by atoms with E-state index in [1.165, 1.54) is 6.20 Å². The second kappa shape index (κ2) is 5.02. The minimum atomic E-state index is -3.69. The molecule has 0 spiro atoms. The number of nitrogens with zero attached hydrogens (tertiary/aromatic N) is 3. The van der Waals surface area contributed by atoms with Crippen LogP contribution in [0.1, 0.15) is 11.3 Å². The number of sulfonamides is 1. The van der Waals surface area contributed by atoms with Gasteiger partial charge in [0.2, 0.25) is 0 Å². The second-order valence-corrected chi connectivity index (χ2v) is 5.78. The van der Waals surface area contributed by atoms with Crippen LogP contribution in [0.4, 0.5) is 5.69 Å². The van der Waals surface area contributed by atoms with Gasteiger partial charge in [-0.3, -0.25) is 14.5 Å². The summed E-state index contributed by atoms with van der Waals surface area (Å²) in [6.45, 7) is 2.15. The van der Waals surface area contributed by atoms with E-state index in [0.717, 1.165) is 0 Å². The molecular weight excluding hydrogens is 268 g/mol. The van der Waals surface area contributed by atoms with Crippen LogP contribution in [0.15, 0.2) is 17.4 Å². The van der Waals surface area contributed by atoms with Gasteiger partial charge in [0.05, 0.1) is 17.6 Å². The van der Waals surface area contributed by atoms with Gasteiger partial charge >= 0.3 is 0 Å². The standard InChI is InChI=1S/C10H16N6O2S/c1-7-9(6-16(3)14-7)15-19(17,18)10-8(4-11-2)5-12-13-10/h5-6,11,15H,4H2,1-3H3,(H,12,13). The van der Waals surface area contributed by atoms with E-state index in [0.29, 0.717) is 23.5 Å². The van der Waals surface area contributed by atoms with E-state index >= 15 is 0 Å². The number of hydrogen-bond donors (Lipinski definition) is 3. The van der Waals surface area contributed by atoms with Crippen molar-refractivity contribution in [3.8, 4) is 0 Å². The minimum absolute atomic E-state index is 0.0603. The number of hydrogen-bond acceptors (Lipinski definition) is 5. The molecular formula is C10H16N6O2S. The molecule has 0 aliphatic heterocycles. The smallest absolute Gasteiger partial charge is 0.279 e. The van der Waals surface area contributed by atoms with Crippen LogP contribution >= 0.6 is 0 Å². The van der Waals surface area contributed by atoms with Gasteiger partial charge < -0.3 is 5.32 Å². The Kier molecular flexibility index (Phi) is 3.58. The summed E-state index contributed by atoms with van der Waals surface area (Å²) in [5.74, 6) is 0. The fourth-order valence-corrected chi connectivity index (χ4v) is 2.98. The van der Waals surface area contributed by atoms with Crippen LogP contribution in [0.2, 0.25) is 0 Å². The topological polar surface area (TPSA) is 105 Å². The fourth-order valence-electron chi connectivity index (χ4n) is 1.74. The van der Waals surface area contributed by atoms with Crippen LogP contribution in [0.3, 0.4) is 0 Å². The van der Waals surface area contributed by atoms with Crippen LogP contribution in [0.5, 0.6) is 0 Å². The molecule has 3 N–H and O–H groups in total. The molecule has 8 nitrogen and oxygen atoms in total. The van der Waals surface area contributed by atoms with Gasteiger partial charge in [-0.15, -0.1) is 0 Å². The van der Waals surface area contributed by atoms with Crippen molar-refractivity contribution in [2.75, 3.05) is 11.8 Å². The van der Waals surface area contributed by atoms with Gasteiger partial charge in [0.1, 0.15) is 0 Å². The van der Waals surface area contributed by atoms with Gasteiger partial charge in [0.25, 0.3) is 10.0 Å². The predicted octanol–water partition coefficient (Wildman–Crippen LogP) is -0.0282. The third-order valence-corrected chi connectivity index (χ3v) is 3.95. The van der Waals surface area contributed by atoms with Gasteiger partial charge in [-0.25, -0.2) is 0 Å². The number of rotatable bonds is 5. The molecule has 0 fully saturated rings. The Morgan fingerprint density at radius 1 is 1.47 bits per heavy atom. The molecule has 0 amide bonds. The Morgan fingerprint density at radius 2 is 2.21 bits per heavy atom. The summed E-state index contributed by atoms with van der Waals surface area (Å²) >= 11 is 0. The zero-order valence-corrected chi connectivity index (χ0v) is 11.7. The van der Waals surface area contributed by atoms with E-state index in [1.807, 2.05) is 0 Å². The SMILES string of the molecule is CNCc1cn[nH]c1S(=O)(=O)Nc1cn(C)nc1C. The zero-order chi connectivity index (χ0) is 14.0. The summed E-state index contributed by atoms with van der Waals surface area (Å²) in [4.78, 5) is 0. The monoisotopic (exact) mass is 284 g/mol. The van der Waals surface area contributed by atoms with Crippen LogP contribution in [-0.4, -0.2) is 35.4 Å². The molecule has 9 heteroatoms. The Hall–Kier alpha value is -1.87. The number of nitrogens with one attached hydrogen (secondary N) is 3. The molecule has 2 aromatic heterocycles. The Balaban J connectivity index is 2.32. The van der Waals surface area contributed by atoms with E-state index in [2.05, 4.69) is 25.3 Å². The molecule has 0 aliphatic rings. The second-order valence-electron chi connectivity index (χ2n) is 4.16. The van der Waals surface area contributed by atoms with Gasteiger partial charge in [0.15, 0.2) is 5.03 Å². The predicted molar refractivity (Wildman–Crippen MR) is 70.1 cm³/mol. The average molecular weight is 284 g/mol. The van der Waals surface area contributed by atoms with Crippen LogP contribution < -0.4 is 10.0 Å². The Morgan fingerprint density at radius 3 is 2.79 bits per heavy atom. The minimum Gasteiger partial charge on any atom is -0.316 e. The molecule has 104 valence electrons.